The molecule has 0 aromatic heterocycles. The lowest BCUT2D eigenvalue weighted by molar-refractivity contribution is 0.0518. The van der Waals surface area contributed by atoms with E-state index in [1.54, 1.807) is 12.1 Å². The molecule has 0 radical (unpaired) electrons. The van der Waals surface area contributed by atoms with Crippen molar-refractivity contribution in [1.29, 1.82) is 0 Å². The molecule has 4 unspecified atom stereocenters. The second-order valence-corrected chi connectivity index (χ2v) is 5.83. The van der Waals surface area contributed by atoms with Gasteiger partial charge in [-0.2, -0.15) is 0 Å². The maximum absolute atomic E-state index is 14.0. The normalized spacial score (nSPS) is 29.0. The van der Waals surface area contributed by atoms with Gasteiger partial charge in [0.05, 0.1) is 18.8 Å². The number of methoxy groups -OCH3 is 1. The number of hydrogen-bond donors (Lipinski definition) is 1. The van der Waals surface area contributed by atoms with Crippen LogP contribution >= 0.6 is 0 Å². The molecule has 3 heteroatoms. The third-order valence-corrected chi connectivity index (χ3v) is 4.61. The number of ether oxygens (including phenoxy) is 1. The van der Waals surface area contributed by atoms with Crippen LogP contribution in [0.15, 0.2) is 18.2 Å². The van der Waals surface area contributed by atoms with Gasteiger partial charge in [-0.15, -0.1) is 0 Å². The van der Waals surface area contributed by atoms with Gasteiger partial charge in [0.25, 0.3) is 0 Å². The first-order valence-corrected chi connectivity index (χ1v) is 7.05. The van der Waals surface area contributed by atoms with Gasteiger partial charge in [0, 0.05) is 0 Å². The van der Waals surface area contributed by atoms with Crippen LogP contribution in [-0.2, 0) is 0 Å². The minimum absolute atomic E-state index is 0.122. The third-order valence-electron chi connectivity index (χ3n) is 4.61. The minimum atomic E-state index is -0.772. The first kappa shape index (κ1) is 14.3. The maximum Gasteiger partial charge on any atom is 0.132 e. The summed E-state index contributed by atoms with van der Waals surface area (Å²) < 4.78 is 19.2. The summed E-state index contributed by atoms with van der Waals surface area (Å²) in [6.45, 7) is 4.46. The number of aliphatic hydroxyl groups excluding tert-OH is 1. The van der Waals surface area contributed by atoms with Crippen molar-refractivity contribution >= 4 is 0 Å². The molecule has 1 aromatic carbocycles. The molecule has 1 N–H and O–H groups in total. The molecule has 2 nitrogen and oxygen atoms in total. The highest BCUT2D eigenvalue weighted by molar-refractivity contribution is 5.36. The van der Waals surface area contributed by atoms with E-state index in [4.69, 9.17) is 4.74 Å². The van der Waals surface area contributed by atoms with Crippen molar-refractivity contribution in [2.24, 2.45) is 17.8 Å². The first-order valence-electron chi connectivity index (χ1n) is 7.05. The van der Waals surface area contributed by atoms with Crippen molar-refractivity contribution in [3.8, 4) is 5.75 Å². The van der Waals surface area contributed by atoms with Crippen molar-refractivity contribution in [2.75, 3.05) is 7.11 Å². The van der Waals surface area contributed by atoms with E-state index in [0.29, 0.717) is 23.1 Å². The van der Waals surface area contributed by atoms with Crippen LogP contribution in [0.25, 0.3) is 0 Å². The van der Waals surface area contributed by atoms with E-state index in [2.05, 4.69) is 13.8 Å². The van der Waals surface area contributed by atoms with Gasteiger partial charge in [-0.3, -0.25) is 0 Å². The zero-order valence-electron chi connectivity index (χ0n) is 11.9. The fourth-order valence-corrected chi connectivity index (χ4v) is 3.09. The molecule has 0 saturated heterocycles. The van der Waals surface area contributed by atoms with Crippen LogP contribution in [0.1, 0.15) is 44.8 Å². The maximum atomic E-state index is 14.0. The lowest BCUT2D eigenvalue weighted by Gasteiger charge is -2.35. The zero-order valence-corrected chi connectivity index (χ0v) is 11.9. The Labute approximate surface area is 114 Å². The summed E-state index contributed by atoms with van der Waals surface area (Å²) in [7, 11) is 1.51. The Morgan fingerprint density at radius 1 is 1.26 bits per heavy atom. The van der Waals surface area contributed by atoms with Gasteiger partial charge in [0.15, 0.2) is 0 Å². The molecule has 1 aliphatic carbocycles. The van der Waals surface area contributed by atoms with Gasteiger partial charge >= 0.3 is 0 Å². The molecule has 4 atom stereocenters. The predicted octanol–water partition coefficient (Wildman–Crippen LogP) is 3.94. The van der Waals surface area contributed by atoms with E-state index in [1.807, 2.05) is 0 Å². The van der Waals surface area contributed by atoms with Crippen molar-refractivity contribution in [3.05, 3.63) is 29.6 Å². The summed E-state index contributed by atoms with van der Waals surface area (Å²) in [5.41, 5.74) is 0.316. The van der Waals surface area contributed by atoms with Crippen LogP contribution in [0, 0.1) is 23.6 Å². The van der Waals surface area contributed by atoms with E-state index in [-0.39, 0.29) is 11.7 Å². The Hall–Kier alpha value is -1.09. The molecular weight excluding hydrogens is 243 g/mol. The first-order chi connectivity index (χ1) is 9.04. The Balaban J connectivity index is 2.22. The topological polar surface area (TPSA) is 29.5 Å². The molecule has 0 aliphatic heterocycles. The van der Waals surface area contributed by atoms with Gasteiger partial charge in [0.2, 0.25) is 0 Å². The number of aliphatic hydroxyl groups is 1. The Bertz CT molecular complexity index is 433. The van der Waals surface area contributed by atoms with Crippen molar-refractivity contribution in [3.63, 3.8) is 0 Å². The number of benzene rings is 1. The Kier molecular flexibility index (Phi) is 4.46. The minimum Gasteiger partial charge on any atom is -0.496 e. The zero-order chi connectivity index (χ0) is 14.0. The average molecular weight is 266 g/mol. The molecule has 0 spiro atoms. The monoisotopic (exact) mass is 266 g/mol. The fourth-order valence-electron chi connectivity index (χ4n) is 3.09. The van der Waals surface area contributed by atoms with E-state index in [9.17, 15) is 9.50 Å². The molecule has 0 amide bonds. The molecule has 1 fully saturated rings. The van der Waals surface area contributed by atoms with Crippen LogP contribution in [0.4, 0.5) is 4.39 Å². The molecule has 1 aliphatic rings. The Morgan fingerprint density at radius 3 is 2.63 bits per heavy atom. The number of hydrogen-bond acceptors (Lipinski definition) is 2. The molecule has 2 rings (SSSR count). The van der Waals surface area contributed by atoms with E-state index < -0.39 is 6.10 Å². The standard InChI is InChI=1S/C16H23FO2/c1-10-7-8-12(9-11(10)2)16(18)15-13(17)5-4-6-14(15)19-3/h4-6,10-12,16,18H,7-9H2,1-3H3. The quantitative estimate of drug-likeness (QED) is 0.898. The van der Waals surface area contributed by atoms with E-state index in [0.717, 1.165) is 19.3 Å². The summed E-state index contributed by atoms with van der Waals surface area (Å²) in [5, 5.41) is 10.5. The van der Waals surface area contributed by atoms with Gasteiger partial charge in [-0.25, -0.2) is 4.39 Å². The smallest absolute Gasteiger partial charge is 0.132 e. The fraction of sp³-hybridized carbons (Fsp3) is 0.625. The lowest BCUT2D eigenvalue weighted by Crippen LogP contribution is -2.26. The summed E-state index contributed by atoms with van der Waals surface area (Å²) in [4.78, 5) is 0. The molecule has 0 bridgehead atoms. The summed E-state index contributed by atoms with van der Waals surface area (Å²) in [5.74, 6) is 1.45. The highest BCUT2D eigenvalue weighted by Crippen LogP contribution is 2.42. The second-order valence-electron chi connectivity index (χ2n) is 5.83. The Morgan fingerprint density at radius 2 is 2.00 bits per heavy atom. The summed E-state index contributed by atoms with van der Waals surface area (Å²) in [6.07, 6.45) is 2.22. The number of halogens is 1. The molecule has 19 heavy (non-hydrogen) atoms. The lowest BCUT2D eigenvalue weighted by atomic mass is 9.73. The third kappa shape index (κ3) is 2.92. The van der Waals surface area contributed by atoms with Crippen molar-refractivity contribution in [1.82, 2.24) is 0 Å². The molecule has 1 saturated carbocycles. The molecular formula is C16H23FO2. The van der Waals surface area contributed by atoms with Gasteiger partial charge < -0.3 is 9.84 Å². The van der Waals surface area contributed by atoms with Gasteiger partial charge in [-0.1, -0.05) is 26.3 Å². The SMILES string of the molecule is COc1cccc(F)c1C(O)C1CCC(C)C(C)C1. The van der Waals surface area contributed by atoms with Crippen molar-refractivity contribution in [2.45, 2.75) is 39.2 Å². The van der Waals surface area contributed by atoms with Crippen LogP contribution in [-0.4, -0.2) is 12.2 Å². The van der Waals surface area contributed by atoms with Crippen LogP contribution in [0.2, 0.25) is 0 Å². The summed E-state index contributed by atoms with van der Waals surface area (Å²) in [6, 6.07) is 4.70. The van der Waals surface area contributed by atoms with Crippen LogP contribution in [0.3, 0.4) is 0 Å². The van der Waals surface area contributed by atoms with E-state index >= 15 is 0 Å². The molecule has 106 valence electrons. The highest BCUT2D eigenvalue weighted by atomic mass is 19.1. The van der Waals surface area contributed by atoms with Crippen LogP contribution in [0.5, 0.6) is 5.75 Å². The second kappa shape index (κ2) is 5.91. The molecule has 0 heterocycles. The average Bonchev–Trinajstić information content (AvgIpc) is 2.40. The van der Waals surface area contributed by atoms with Gasteiger partial charge in [0.1, 0.15) is 11.6 Å². The summed E-state index contributed by atoms with van der Waals surface area (Å²) >= 11 is 0. The number of rotatable bonds is 3. The van der Waals surface area contributed by atoms with Crippen LogP contribution < -0.4 is 4.74 Å². The molecule has 1 aromatic rings. The highest BCUT2D eigenvalue weighted by Gasteiger charge is 2.32. The van der Waals surface area contributed by atoms with E-state index in [1.165, 1.54) is 13.2 Å². The predicted molar refractivity (Wildman–Crippen MR) is 73.6 cm³/mol. The largest absolute Gasteiger partial charge is 0.496 e. The van der Waals surface area contributed by atoms with Gasteiger partial charge in [-0.05, 0) is 42.7 Å². The van der Waals surface area contributed by atoms with Crippen molar-refractivity contribution < 1.29 is 14.2 Å².